The number of aryl methyl sites for hydroxylation is 2. The molecule has 0 unspecified atom stereocenters. The minimum absolute atomic E-state index is 0. The van der Waals surface area contributed by atoms with Gasteiger partial charge in [-0.2, -0.15) is 0 Å². The van der Waals surface area contributed by atoms with Gasteiger partial charge in [0.1, 0.15) is 11.6 Å². The van der Waals surface area contributed by atoms with Gasteiger partial charge >= 0.3 is 53.2 Å². The number of benzene rings is 3. The largest absolute Gasteiger partial charge is 1.00 e. The zero-order valence-corrected chi connectivity index (χ0v) is 55.0. The molecule has 0 spiro atoms. The summed E-state index contributed by atoms with van der Waals surface area (Å²) in [6.07, 6.45) is 15.4. The molecule has 5 atom stereocenters. The number of carboxylic acids is 1. The Balaban J connectivity index is 0.000000406. The fraction of sp³-hybridized carbons (Fsp3) is 0.485. The standard InChI is InChI=1S/C25H35N5O2.C16H26N2.C16H24N2.C9H11N3O3.B.Na.H/c1-5-19-14-21(15-27-23(19)26)28-24(31)25(32)30-16-17(2)9-10-22(30)20-8-6-7-18(13-20)11-12-29(3)4;2*1-13-7-8-16(17-12-13)15-6-4-5-14(11-15)9-10-18(2)3;1-2-5-3-6(4-11-7(5)10)12-8(13)9(14)15;;;/h6-8,13-15,17,22H,5,9-12,16H2,1-4H3,(H2,26,27)(H,28,31);4-6,11,13,16-17H,7-10,12H2,1-3H3;4-6,8,11,13,17H,7,9-10,12H2,1-3H3;3-4H,2H2,1H3,(H2,10,11)(H,12,13)(H,14,15);;;/q;;;;;+1;-1/t17-,22+;13-,16+;13-;;;;/m000..../s1. The first-order chi connectivity index (χ1) is 39.6. The van der Waals surface area contributed by atoms with Crippen LogP contribution in [0.3, 0.4) is 0 Å². The molecule has 3 aliphatic heterocycles. The number of hydrogen-bond donors (Lipinski definition) is 7. The van der Waals surface area contributed by atoms with Gasteiger partial charge in [0.25, 0.3) is 0 Å². The number of nitrogens with two attached hydrogens (primary N) is 2. The molecule has 2 saturated heterocycles. The summed E-state index contributed by atoms with van der Waals surface area (Å²) in [6.45, 7) is 16.6. The van der Waals surface area contributed by atoms with Crippen LogP contribution in [0.2, 0.25) is 0 Å². The van der Waals surface area contributed by atoms with Crippen LogP contribution >= 0.6 is 0 Å². The number of rotatable bonds is 16. The van der Waals surface area contributed by atoms with E-state index >= 15 is 0 Å². The van der Waals surface area contributed by atoms with E-state index in [0.717, 1.165) is 93.4 Å². The molecule has 2 aromatic heterocycles. The number of nitrogens with one attached hydrogen (secondary N) is 4. The third-order valence-electron chi connectivity index (χ3n) is 15.2. The first-order valence-electron chi connectivity index (χ1n) is 29.7. The van der Waals surface area contributed by atoms with Crippen LogP contribution < -0.4 is 62.3 Å². The second-order valence-corrected chi connectivity index (χ2v) is 23.4. The fourth-order valence-corrected chi connectivity index (χ4v) is 10.1. The number of nitrogen functional groups attached to an aromatic ring is 2. The van der Waals surface area contributed by atoms with E-state index in [4.69, 9.17) is 16.6 Å². The van der Waals surface area contributed by atoms with E-state index in [2.05, 4.69) is 182 Å². The van der Waals surface area contributed by atoms with Gasteiger partial charge in [-0.3, -0.25) is 14.4 Å². The van der Waals surface area contributed by atoms with Crippen LogP contribution in [0.1, 0.15) is 125 Å². The number of hydrogen-bond acceptors (Lipinski definition) is 13. The van der Waals surface area contributed by atoms with E-state index in [0.29, 0.717) is 54.4 Å². The Morgan fingerprint density at radius 1 is 0.647 bits per heavy atom. The van der Waals surface area contributed by atoms with Crippen molar-refractivity contribution in [1.29, 1.82) is 0 Å². The molecule has 0 saturated carbocycles. The number of allylic oxidation sites excluding steroid dienone is 1. The summed E-state index contributed by atoms with van der Waals surface area (Å²) in [6, 6.07) is 30.3. The van der Waals surface area contributed by atoms with E-state index in [-0.39, 0.29) is 45.4 Å². The van der Waals surface area contributed by atoms with Crippen molar-refractivity contribution in [3.8, 4) is 0 Å². The van der Waals surface area contributed by atoms with Gasteiger partial charge in [-0.05, 0) is 193 Å². The molecular formula is C66H97BN12NaO5. The summed E-state index contributed by atoms with van der Waals surface area (Å²) in [7, 11) is 12.6. The van der Waals surface area contributed by atoms with E-state index in [1.165, 1.54) is 65.2 Å². The second kappa shape index (κ2) is 37.4. The molecule has 3 aliphatic rings. The van der Waals surface area contributed by atoms with Crippen molar-refractivity contribution in [1.82, 2.24) is 40.2 Å². The van der Waals surface area contributed by atoms with Crippen LogP contribution in [0.25, 0.3) is 5.70 Å². The summed E-state index contributed by atoms with van der Waals surface area (Å²) in [5.74, 6) is -1.01. The molecule has 85 heavy (non-hydrogen) atoms. The van der Waals surface area contributed by atoms with Crippen LogP contribution in [0, 0.1) is 17.8 Å². The van der Waals surface area contributed by atoms with Gasteiger partial charge in [0.2, 0.25) is 0 Å². The molecule has 5 heterocycles. The minimum atomic E-state index is -1.54. The number of aromatic nitrogens is 2. The molecule has 3 amide bonds. The molecule has 9 N–H and O–H groups in total. The van der Waals surface area contributed by atoms with Gasteiger partial charge in [0, 0.05) is 52.9 Å². The number of pyridine rings is 2. The van der Waals surface area contributed by atoms with Crippen molar-refractivity contribution in [3.05, 3.63) is 148 Å². The van der Waals surface area contributed by atoms with Gasteiger partial charge < -0.3 is 58.9 Å². The molecule has 17 nitrogen and oxygen atoms in total. The van der Waals surface area contributed by atoms with Crippen LogP contribution in [0.5, 0.6) is 0 Å². The number of anilines is 4. The van der Waals surface area contributed by atoms with Gasteiger partial charge in [-0.25, -0.2) is 14.8 Å². The predicted octanol–water partition coefficient (Wildman–Crippen LogP) is 5.87. The first kappa shape index (κ1) is 73.1. The van der Waals surface area contributed by atoms with E-state index in [9.17, 15) is 19.2 Å². The number of carbonyl (C=O) groups excluding carboxylic acids is 3. The molecule has 3 aromatic carbocycles. The number of carboxylic acid groups (broad SMARTS) is 1. The minimum Gasteiger partial charge on any atom is -1.00 e. The zero-order chi connectivity index (χ0) is 60.6. The molecule has 5 aromatic rings. The van der Waals surface area contributed by atoms with Crippen molar-refractivity contribution in [2.24, 2.45) is 17.8 Å². The first-order valence-corrected chi connectivity index (χ1v) is 29.7. The number of nitrogens with zero attached hydrogens (tertiary/aromatic N) is 6. The maximum absolute atomic E-state index is 13.2. The van der Waals surface area contributed by atoms with Gasteiger partial charge in [-0.1, -0.05) is 107 Å². The Morgan fingerprint density at radius 3 is 1.62 bits per heavy atom. The van der Waals surface area contributed by atoms with Crippen molar-refractivity contribution in [2.75, 3.05) is 104 Å². The summed E-state index contributed by atoms with van der Waals surface area (Å²) < 4.78 is 0. The van der Waals surface area contributed by atoms with Gasteiger partial charge in [0.15, 0.2) is 0 Å². The molecule has 2 fully saturated rings. The number of aliphatic carboxylic acids is 1. The summed E-state index contributed by atoms with van der Waals surface area (Å²) in [4.78, 5) is 63.5. The van der Waals surface area contributed by atoms with Crippen molar-refractivity contribution >= 4 is 60.8 Å². The number of likely N-dealkylation sites (N-methyl/N-ethyl adjacent to an activating group) is 3. The summed E-state index contributed by atoms with van der Waals surface area (Å²) >= 11 is 0. The maximum atomic E-state index is 13.2. The molecule has 8 rings (SSSR count). The molecule has 0 aliphatic carbocycles. The summed E-state index contributed by atoms with van der Waals surface area (Å²) in [5.41, 5.74) is 23.1. The average Bonchev–Trinajstić information content (AvgIpc) is 3.19. The van der Waals surface area contributed by atoms with Crippen LogP contribution in [0.4, 0.5) is 23.0 Å². The Labute approximate surface area is 533 Å². The van der Waals surface area contributed by atoms with Crippen molar-refractivity contribution in [2.45, 2.75) is 111 Å². The van der Waals surface area contributed by atoms with Crippen molar-refractivity contribution in [3.63, 3.8) is 0 Å². The number of carbonyl (C=O) groups is 4. The number of likely N-dealkylation sites (tertiary alicyclic amines) is 1. The molecule has 0 bridgehead atoms. The van der Waals surface area contributed by atoms with Crippen LogP contribution in [-0.2, 0) is 51.3 Å². The molecular weight excluding hydrogens is 1070 g/mol. The Kier molecular flexibility index (Phi) is 32.2. The Hall–Kier alpha value is -6.12. The molecule has 455 valence electrons. The van der Waals surface area contributed by atoms with Gasteiger partial charge in [-0.15, -0.1) is 0 Å². The van der Waals surface area contributed by atoms with Crippen LogP contribution in [0.15, 0.2) is 103 Å². The van der Waals surface area contributed by atoms with E-state index < -0.39 is 23.7 Å². The summed E-state index contributed by atoms with van der Waals surface area (Å²) in [5, 5.41) is 20.5. The smallest absolute Gasteiger partial charge is 1.00 e. The zero-order valence-electron chi connectivity index (χ0n) is 54.0. The molecule has 19 heteroatoms. The third-order valence-corrected chi connectivity index (χ3v) is 15.2. The Morgan fingerprint density at radius 2 is 1.14 bits per heavy atom. The SMILES string of the molecule is CCc1cc(NC(=O)C(=O)N2C[C@@H](C)CC[C@@H]2c2cccc(CCN(C)C)c2)cnc1N.CCc1cc(NC(=O)C(=O)O)cnc1N.C[C@H]1CC=C(c2cccc(CCN(C)C)c2)NC1.C[C@H]1CC[C@H](c2cccc(CCN(C)C)c2)NC1.[B].[H-].[Na+]. The van der Waals surface area contributed by atoms with Crippen molar-refractivity contribution < 1.29 is 55.3 Å². The monoisotopic (exact) mass is 1170 g/mol. The topological polar surface area (TPSA) is 227 Å². The van der Waals surface area contributed by atoms with E-state index in [1.807, 2.05) is 19.9 Å². The quantitative estimate of drug-likeness (QED) is 0.0454. The average molecular weight is 1170 g/mol. The second-order valence-electron chi connectivity index (χ2n) is 23.4. The van der Waals surface area contributed by atoms with E-state index in [1.54, 1.807) is 17.0 Å². The molecule has 3 radical (unpaired) electrons. The number of amides is 3. The fourth-order valence-electron chi connectivity index (χ4n) is 10.1. The normalized spacial score (nSPS) is 18.0. The third kappa shape index (κ3) is 25.0. The maximum Gasteiger partial charge on any atom is 1.00 e. The number of piperidine rings is 2. The Bertz CT molecular complexity index is 2920. The predicted molar refractivity (Wildman–Crippen MR) is 346 cm³/mol. The van der Waals surface area contributed by atoms with Crippen LogP contribution in [-0.4, -0.2) is 148 Å². The van der Waals surface area contributed by atoms with Gasteiger partial charge in [0.05, 0.1) is 29.8 Å².